The fraction of sp³-hybridized carbons (Fsp3) is 0.458. The minimum Gasteiger partial charge on any atom is -0.368 e. The van der Waals surface area contributed by atoms with E-state index in [0.29, 0.717) is 52.1 Å². The van der Waals surface area contributed by atoms with E-state index in [1.54, 1.807) is 0 Å². The van der Waals surface area contributed by atoms with Crippen LogP contribution in [0.2, 0.25) is 0 Å². The van der Waals surface area contributed by atoms with Gasteiger partial charge in [-0.1, -0.05) is 36.4 Å². The molecule has 0 aromatic heterocycles. The van der Waals surface area contributed by atoms with E-state index in [1.165, 1.54) is 0 Å². The van der Waals surface area contributed by atoms with E-state index >= 15 is 0 Å². The number of amides is 3. The summed E-state index contributed by atoms with van der Waals surface area (Å²) in [5.41, 5.74) is 6.12. The second-order valence-corrected chi connectivity index (χ2v) is 8.53. The fourth-order valence-corrected chi connectivity index (χ4v) is 4.68. The minimum absolute atomic E-state index is 0.0387. The number of hydrogen-bond acceptors (Lipinski definition) is 4. The highest BCUT2D eigenvalue weighted by Gasteiger charge is 2.33. The second kappa shape index (κ2) is 9.06. The van der Waals surface area contributed by atoms with Crippen LogP contribution >= 0.6 is 0 Å². The van der Waals surface area contributed by atoms with Crippen molar-refractivity contribution in [1.29, 1.82) is 0 Å². The van der Waals surface area contributed by atoms with Gasteiger partial charge in [0.05, 0.1) is 6.04 Å². The van der Waals surface area contributed by atoms with E-state index < -0.39 is 0 Å². The van der Waals surface area contributed by atoms with Crippen molar-refractivity contribution in [1.82, 2.24) is 14.7 Å². The van der Waals surface area contributed by atoms with Crippen molar-refractivity contribution in [2.24, 2.45) is 11.7 Å². The van der Waals surface area contributed by atoms with Crippen LogP contribution in [0.3, 0.4) is 0 Å². The lowest BCUT2D eigenvalue weighted by atomic mass is 9.94. The number of piperidine rings is 1. The average Bonchev–Trinajstić information content (AvgIpc) is 2.82. The van der Waals surface area contributed by atoms with Crippen LogP contribution in [0.4, 0.5) is 0 Å². The maximum atomic E-state index is 13.1. The summed E-state index contributed by atoms with van der Waals surface area (Å²) in [4.78, 5) is 43.3. The van der Waals surface area contributed by atoms with Crippen LogP contribution in [0.25, 0.3) is 10.8 Å². The van der Waals surface area contributed by atoms with E-state index in [4.69, 9.17) is 5.73 Å². The Morgan fingerprint density at radius 3 is 2.19 bits per heavy atom. The van der Waals surface area contributed by atoms with E-state index in [-0.39, 0.29) is 29.7 Å². The molecule has 2 saturated heterocycles. The Morgan fingerprint density at radius 1 is 0.871 bits per heavy atom. The van der Waals surface area contributed by atoms with Gasteiger partial charge in [0.2, 0.25) is 11.8 Å². The number of carbonyl (C=O) groups is 3. The molecule has 0 aliphatic carbocycles. The lowest BCUT2D eigenvalue weighted by Crippen LogP contribution is -2.55. The molecule has 2 fully saturated rings. The van der Waals surface area contributed by atoms with Crippen LogP contribution in [0.15, 0.2) is 42.5 Å². The zero-order chi connectivity index (χ0) is 22.0. The SMILES string of the molecule is CC(C(N)=O)N1CCN(C(=O)C2CCN(C(=O)c3cccc4ccccc34)CC2)CC1. The van der Waals surface area contributed by atoms with Gasteiger partial charge in [0.1, 0.15) is 0 Å². The Hall–Kier alpha value is -2.93. The summed E-state index contributed by atoms with van der Waals surface area (Å²) < 4.78 is 0. The van der Waals surface area contributed by atoms with Gasteiger partial charge in [-0.3, -0.25) is 19.3 Å². The number of benzene rings is 2. The van der Waals surface area contributed by atoms with Crippen molar-refractivity contribution >= 4 is 28.5 Å². The summed E-state index contributed by atoms with van der Waals surface area (Å²) in [6.45, 7) is 5.55. The van der Waals surface area contributed by atoms with Crippen molar-refractivity contribution in [3.8, 4) is 0 Å². The normalized spacial score (nSPS) is 19.4. The summed E-state index contributed by atoms with van der Waals surface area (Å²) in [6, 6.07) is 13.4. The van der Waals surface area contributed by atoms with Crippen molar-refractivity contribution in [2.45, 2.75) is 25.8 Å². The number of likely N-dealkylation sites (tertiary alicyclic amines) is 1. The van der Waals surface area contributed by atoms with Crippen LogP contribution in [0.5, 0.6) is 0 Å². The Balaban J connectivity index is 1.33. The third-order valence-electron chi connectivity index (χ3n) is 6.74. The third-order valence-corrected chi connectivity index (χ3v) is 6.74. The minimum atomic E-state index is -0.331. The van der Waals surface area contributed by atoms with Gasteiger partial charge in [0, 0.05) is 50.7 Å². The predicted molar refractivity (Wildman–Crippen MR) is 119 cm³/mol. The molecule has 31 heavy (non-hydrogen) atoms. The summed E-state index contributed by atoms with van der Waals surface area (Å²) in [5.74, 6) is -0.167. The van der Waals surface area contributed by atoms with Gasteiger partial charge < -0.3 is 15.5 Å². The molecule has 7 heteroatoms. The average molecular weight is 423 g/mol. The molecule has 7 nitrogen and oxygen atoms in total. The molecule has 4 rings (SSSR count). The van der Waals surface area contributed by atoms with E-state index in [0.717, 1.165) is 16.3 Å². The zero-order valence-corrected chi connectivity index (χ0v) is 18.0. The van der Waals surface area contributed by atoms with Gasteiger partial charge in [0.25, 0.3) is 5.91 Å². The van der Waals surface area contributed by atoms with Gasteiger partial charge in [-0.05, 0) is 36.6 Å². The molecule has 1 atom stereocenters. The first kappa shape index (κ1) is 21.3. The van der Waals surface area contributed by atoms with Crippen LogP contribution < -0.4 is 5.73 Å². The molecule has 0 bridgehead atoms. The molecular weight excluding hydrogens is 392 g/mol. The quantitative estimate of drug-likeness (QED) is 0.813. The third kappa shape index (κ3) is 4.42. The smallest absolute Gasteiger partial charge is 0.254 e. The molecule has 0 radical (unpaired) electrons. The molecular formula is C24H30N4O3. The van der Waals surface area contributed by atoms with Crippen molar-refractivity contribution in [3.05, 3.63) is 48.0 Å². The highest BCUT2D eigenvalue weighted by molar-refractivity contribution is 6.07. The van der Waals surface area contributed by atoms with Crippen molar-refractivity contribution < 1.29 is 14.4 Å². The van der Waals surface area contributed by atoms with E-state index in [1.807, 2.05) is 64.1 Å². The van der Waals surface area contributed by atoms with Crippen molar-refractivity contribution in [2.75, 3.05) is 39.3 Å². The summed E-state index contributed by atoms with van der Waals surface area (Å²) in [6.07, 6.45) is 1.38. The first-order valence-electron chi connectivity index (χ1n) is 11.0. The Labute approximate surface area is 182 Å². The first-order valence-corrected chi connectivity index (χ1v) is 11.0. The Kier molecular flexibility index (Phi) is 6.23. The number of primary amides is 1. The van der Waals surface area contributed by atoms with Crippen LogP contribution in [-0.4, -0.2) is 77.7 Å². The van der Waals surface area contributed by atoms with Gasteiger partial charge in [-0.15, -0.1) is 0 Å². The van der Waals surface area contributed by atoms with Gasteiger partial charge in [-0.25, -0.2) is 0 Å². The predicted octanol–water partition coefficient (Wildman–Crippen LogP) is 1.71. The van der Waals surface area contributed by atoms with Gasteiger partial charge >= 0.3 is 0 Å². The Bertz CT molecular complexity index is 970. The number of fused-ring (bicyclic) bond motifs is 1. The summed E-state index contributed by atoms with van der Waals surface area (Å²) >= 11 is 0. The molecule has 2 aliphatic heterocycles. The molecule has 2 heterocycles. The molecule has 0 spiro atoms. The monoisotopic (exact) mass is 422 g/mol. The molecule has 1 unspecified atom stereocenters. The van der Waals surface area contributed by atoms with Crippen LogP contribution in [0.1, 0.15) is 30.1 Å². The zero-order valence-electron chi connectivity index (χ0n) is 18.0. The van der Waals surface area contributed by atoms with Gasteiger partial charge in [0.15, 0.2) is 0 Å². The summed E-state index contributed by atoms with van der Waals surface area (Å²) in [5, 5.41) is 2.03. The molecule has 2 N–H and O–H groups in total. The number of nitrogens with two attached hydrogens (primary N) is 1. The second-order valence-electron chi connectivity index (χ2n) is 8.53. The molecule has 2 aromatic rings. The highest BCUT2D eigenvalue weighted by Crippen LogP contribution is 2.25. The van der Waals surface area contributed by atoms with Crippen LogP contribution in [0, 0.1) is 5.92 Å². The largest absolute Gasteiger partial charge is 0.368 e. The molecule has 2 aromatic carbocycles. The number of hydrogen-bond donors (Lipinski definition) is 1. The lowest BCUT2D eigenvalue weighted by Gasteiger charge is -2.39. The standard InChI is InChI=1S/C24H30N4O3/c1-17(22(25)29)26-13-15-28(16-14-26)23(30)19-9-11-27(12-10-19)24(31)21-8-4-6-18-5-2-3-7-20(18)21/h2-8,17,19H,9-16H2,1H3,(H2,25,29). The lowest BCUT2D eigenvalue weighted by molar-refractivity contribution is -0.139. The van der Waals surface area contributed by atoms with Crippen molar-refractivity contribution in [3.63, 3.8) is 0 Å². The number of carbonyl (C=O) groups excluding carboxylic acids is 3. The maximum absolute atomic E-state index is 13.1. The fourth-order valence-electron chi connectivity index (χ4n) is 4.68. The molecule has 3 amide bonds. The molecule has 164 valence electrons. The highest BCUT2D eigenvalue weighted by atomic mass is 16.2. The number of piperazine rings is 1. The van der Waals surface area contributed by atoms with Gasteiger partial charge in [-0.2, -0.15) is 0 Å². The van der Waals surface area contributed by atoms with E-state index in [9.17, 15) is 14.4 Å². The number of nitrogens with zero attached hydrogens (tertiary/aromatic N) is 3. The first-order chi connectivity index (χ1) is 15.0. The number of rotatable bonds is 4. The van der Waals surface area contributed by atoms with E-state index in [2.05, 4.69) is 0 Å². The Morgan fingerprint density at radius 2 is 1.52 bits per heavy atom. The maximum Gasteiger partial charge on any atom is 0.254 e. The summed E-state index contributed by atoms with van der Waals surface area (Å²) in [7, 11) is 0. The molecule has 0 saturated carbocycles. The molecule has 2 aliphatic rings. The topological polar surface area (TPSA) is 87.0 Å². The van der Waals surface area contributed by atoms with Crippen LogP contribution in [-0.2, 0) is 9.59 Å².